The Bertz CT molecular complexity index is 2780. The quantitative estimate of drug-likeness (QED) is 0.173. The van der Waals surface area contributed by atoms with Gasteiger partial charge in [0.1, 0.15) is 17.3 Å². The molecule has 0 aliphatic carbocycles. The Morgan fingerprint density at radius 2 is 1.28 bits per heavy atom. The normalized spacial score (nSPS) is 14.8. The lowest BCUT2D eigenvalue weighted by atomic mass is 9.88. The highest BCUT2D eigenvalue weighted by Gasteiger charge is 2.55. The predicted molar refractivity (Wildman–Crippen MR) is 222 cm³/mol. The van der Waals surface area contributed by atoms with Gasteiger partial charge < -0.3 is 14.5 Å². The maximum atomic E-state index is 6.87. The molecule has 6 heteroatoms. The van der Waals surface area contributed by atoms with Crippen molar-refractivity contribution in [2.24, 2.45) is 0 Å². The van der Waals surface area contributed by atoms with E-state index in [1.807, 2.05) is 6.20 Å². The van der Waals surface area contributed by atoms with Crippen LogP contribution in [-0.2, 0) is 5.41 Å². The molecule has 0 amide bonds. The van der Waals surface area contributed by atoms with E-state index < -0.39 is 8.07 Å². The van der Waals surface area contributed by atoms with Gasteiger partial charge >= 0.3 is 0 Å². The van der Waals surface area contributed by atoms with E-state index in [0.717, 1.165) is 35.0 Å². The van der Waals surface area contributed by atoms with Crippen LogP contribution in [0, 0.1) is 0 Å². The van der Waals surface area contributed by atoms with Crippen molar-refractivity contribution in [3.8, 4) is 28.4 Å². The molecule has 0 radical (unpaired) electrons. The van der Waals surface area contributed by atoms with Gasteiger partial charge in [-0.1, -0.05) is 106 Å². The predicted octanol–water partition coefficient (Wildman–Crippen LogP) is 8.49. The third-order valence-electron chi connectivity index (χ3n) is 11.8. The lowest BCUT2D eigenvalue weighted by Crippen LogP contribution is -2.75. The van der Waals surface area contributed by atoms with Crippen molar-refractivity contribution in [2.45, 2.75) is 26.2 Å². The minimum absolute atomic E-state index is 0.00663. The van der Waals surface area contributed by atoms with Crippen molar-refractivity contribution in [3.63, 3.8) is 0 Å². The molecule has 6 aromatic carbocycles. The lowest BCUT2D eigenvalue weighted by Gasteiger charge is -2.41. The van der Waals surface area contributed by atoms with Gasteiger partial charge in [0.05, 0.1) is 29.1 Å². The summed E-state index contributed by atoms with van der Waals surface area (Å²) in [7, 11) is -0.425. The monoisotopic (exact) mass is 702 g/mol. The molecule has 3 aliphatic rings. The molecule has 0 fully saturated rings. The van der Waals surface area contributed by atoms with Gasteiger partial charge in [0.2, 0.25) is 0 Å². The number of nitrogens with zero attached hydrogens (tertiary/aromatic N) is 4. The van der Waals surface area contributed by atoms with Crippen LogP contribution in [-0.4, -0.2) is 31.3 Å². The molecule has 1 spiro atoms. The zero-order valence-corrected chi connectivity index (χ0v) is 31.3. The van der Waals surface area contributed by atoms with Crippen LogP contribution in [0.2, 0.25) is 0 Å². The van der Waals surface area contributed by atoms with Crippen molar-refractivity contribution >= 4 is 67.7 Å². The highest BCUT2D eigenvalue weighted by atomic mass is 28.3. The minimum atomic E-state index is -2.63. The van der Waals surface area contributed by atoms with E-state index in [4.69, 9.17) is 9.72 Å². The lowest BCUT2D eigenvalue weighted by molar-refractivity contribution is 0.483. The average molecular weight is 703 g/mol. The Hall–Kier alpha value is -6.11. The number of rotatable bonds is 3. The fourth-order valence-corrected chi connectivity index (χ4v) is 15.0. The zero-order chi connectivity index (χ0) is 35.6. The van der Waals surface area contributed by atoms with Gasteiger partial charge in [-0.05, 0) is 85.3 Å². The average Bonchev–Trinajstić information content (AvgIpc) is 3.80. The molecule has 0 bridgehead atoms. The van der Waals surface area contributed by atoms with Gasteiger partial charge in [-0.15, -0.1) is 0 Å². The summed E-state index contributed by atoms with van der Waals surface area (Å²) in [5.41, 5.74) is 10.1. The molecule has 0 atom stereocenters. The molecule has 5 nitrogen and oxygen atoms in total. The summed E-state index contributed by atoms with van der Waals surface area (Å²) < 4.78 is 9.15. The van der Waals surface area contributed by atoms with Crippen LogP contribution in [0.5, 0.6) is 11.5 Å². The van der Waals surface area contributed by atoms with Gasteiger partial charge in [-0.2, -0.15) is 0 Å². The van der Waals surface area contributed by atoms with Gasteiger partial charge in [0, 0.05) is 41.8 Å². The van der Waals surface area contributed by atoms with Crippen molar-refractivity contribution in [1.82, 2.24) is 9.55 Å². The van der Waals surface area contributed by atoms with Crippen LogP contribution in [0.3, 0.4) is 0 Å². The van der Waals surface area contributed by atoms with Gasteiger partial charge in [-0.3, -0.25) is 4.57 Å². The molecular weight excluding hydrogens is 665 g/mol. The molecule has 0 N–H and O–H groups in total. The SMILES string of the molecule is CN1CN2c3cc(Oc4ccc5c6ccccc6n(-c6cc(C(C)(C)C)ccn6)c5c4)ccc3[Si]3(c4ccccc4-c4ccccc43)c3cccc1c32. The van der Waals surface area contributed by atoms with Crippen molar-refractivity contribution in [3.05, 3.63) is 151 Å². The maximum Gasteiger partial charge on any atom is 0.185 e. The zero-order valence-electron chi connectivity index (χ0n) is 30.3. The molecular formula is C47H38N4OSi. The van der Waals surface area contributed by atoms with Crippen LogP contribution < -0.4 is 35.3 Å². The summed E-state index contributed by atoms with van der Waals surface area (Å²) in [5.74, 6) is 2.54. The van der Waals surface area contributed by atoms with E-state index in [-0.39, 0.29) is 5.41 Å². The summed E-state index contributed by atoms with van der Waals surface area (Å²) >= 11 is 0. The first-order valence-electron chi connectivity index (χ1n) is 18.5. The van der Waals surface area contributed by atoms with Crippen LogP contribution >= 0.6 is 0 Å². The van der Waals surface area contributed by atoms with E-state index in [9.17, 15) is 0 Å². The molecule has 0 unspecified atom stereocenters. The summed E-state index contributed by atoms with van der Waals surface area (Å²) in [6, 6.07) is 51.5. The topological polar surface area (TPSA) is 33.5 Å². The number of benzene rings is 6. The third-order valence-corrected chi connectivity index (χ3v) is 16.7. The Balaban J connectivity index is 1.09. The molecule has 11 rings (SSSR count). The molecule has 53 heavy (non-hydrogen) atoms. The van der Waals surface area contributed by atoms with E-state index in [1.165, 1.54) is 65.3 Å². The highest BCUT2D eigenvalue weighted by molar-refractivity contribution is 7.23. The van der Waals surface area contributed by atoms with Gasteiger partial charge in [-0.25, -0.2) is 4.98 Å². The Kier molecular flexibility index (Phi) is 6.17. The van der Waals surface area contributed by atoms with Crippen LogP contribution in [0.15, 0.2) is 146 Å². The number of aromatic nitrogens is 2. The first-order valence-corrected chi connectivity index (χ1v) is 20.5. The Labute approximate surface area is 310 Å². The fraction of sp³-hybridized carbons (Fsp3) is 0.128. The minimum Gasteiger partial charge on any atom is -0.457 e. The number of anilines is 3. The summed E-state index contributed by atoms with van der Waals surface area (Å²) in [5, 5.41) is 8.22. The number of fused-ring (bicyclic) bond motifs is 12. The van der Waals surface area contributed by atoms with E-state index in [1.54, 1.807) is 0 Å². The number of ether oxygens (including phenoxy) is 1. The van der Waals surface area contributed by atoms with E-state index >= 15 is 0 Å². The van der Waals surface area contributed by atoms with Crippen molar-refractivity contribution in [2.75, 3.05) is 23.5 Å². The largest absolute Gasteiger partial charge is 0.457 e. The van der Waals surface area contributed by atoms with Gasteiger partial charge in [0.25, 0.3) is 0 Å². The first-order chi connectivity index (χ1) is 25.8. The number of pyridine rings is 1. The summed E-state index contributed by atoms with van der Waals surface area (Å²) in [4.78, 5) is 9.79. The van der Waals surface area contributed by atoms with E-state index in [0.29, 0.717) is 0 Å². The second-order valence-electron chi connectivity index (χ2n) is 15.7. The molecule has 5 heterocycles. The maximum absolute atomic E-state index is 6.87. The molecule has 256 valence electrons. The molecule has 0 saturated carbocycles. The molecule has 8 aromatic rings. The first kappa shape index (κ1) is 30.5. The molecule has 0 saturated heterocycles. The standard InChI is InChI=1S/C47H38N4OSi/c1-47(2,3)30-24-25-48-45(26-30)51-37-15-8-5-12-33(37)34-22-20-31(27-39(34)51)52-32-21-23-43-40(28-32)50-29-49(4)38-16-11-19-44(46(38)50)53(43)41-17-9-6-13-35(41)36-14-7-10-18-42(36)53/h5-28H,29H2,1-4H3. The fourth-order valence-electron chi connectivity index (χ4n) is 9.46. The summed E-state index contributed by atoms with van der Waals surface area (Å²) in [6.07, 6.45) is 1.93. The van der Waals surface area contributed by atoms with Crippen LogP contribution in [0.1, 0.15) is 26.3 Å². The molecule has 2 aromatic heterocycles. The van der Waals surface area contributed by atoms with Crippen molar-refractivity contribution in [1.29, 1.82) is 0 Å². The third kappa shape index (κ3) is 4.10. The van der Waals surface area contributed by atoms with Gasteiger partial charge in [0.15, 0.2) is 8.07 Å². The van der Waals surface area contributed by atoms with Crippen molar-refractivity contribution < 1.29 is 4.74 Å². The van der Waals surface area contributed by atoms with Crippen LogP contribution in [0.25, 0.3) is 38.8 Å². The highest BCUT2D eigenvalue weighted by Crippen LogP contribution is 2.46. The second kappa shape index (κ2) is 10.7. The Morgan fingerprint density at radius 1 is 0.604 bits per heavy atom. The number of para-hydroxylation sites is 2. The number of hydrogen-bond donors (Lipinski definition) is 0. The smallest absolute Gasteiger partial charge is 0.185 e. The van der Waals surface area contributed by atoms with Crippen LogP contribution in [0.4, 0.5) is 17.1 Å². The van der Waals surface area contributed by atoms with E-state index in [2.05, 4.69) is 182 Å². The summed E-state index contributed by atoms with van der Waals surface area (Å²) in [6.45, 7) is 7.53. The molecule has 3 aliphatic heterocycles. The second-order valence-corrected chi connectivity index (χ2v) is 19.4. The number of hydrogen-bond acceptors (Lipinski definition) is 4. The Morgan fingerprint density at radius 3 is 2.08 bits per heavy atom.